The van der Waals surface area contributed by atoms with Gasteiger partial charge in [-0.25, -0.2) is 0 Å². The summed E-state index contributed by atoms with van der Waals surface area (Å²) in [6, 6.07) is 7.10. The molecule has 0 aliphatic heterocycles. The average Bonchev–Trinajstić information content (AvgIpc) is 3.45. The van der Waals surface area contributed by atoms with E-state index in [4.69, 9.17) is 4.74 Å². The van der Waals surface area contributed by atoms with Gasteiger partial charge in [0.05, 0.1) is 5.69 Å². The highest BCUT2D eigenvalue weighted by atomic mass is 16.5. The van der Waals surface area contributed by atoms with E-state index < -0.39 is 0 Å². The number of hydrogen-bond acceptors (Lipinski definition) is 4. The maximum atomic E-state index is 12.0. The second-order valence-electron chi connectivity index (χ2n) is 6.95. The van der Waals surface area contributed by atoms with E-state index in [0.29, 0.717) is 18.0 Å². The number of benzene rings is 1. The predicted octanol–water partition coefficient (Wildman–Crippen LogP) is 2.12. The fourth-order valence-corrected chi connectivity index (χ4v) is 2.96. The van der Waals surface area contributed by atoms with Crippen LogP contribution in [-0.2, 0) is 23.1 Å². The lowest BCUT2D eigenvalue weighted by Gasteiger charge is -2.10. The van der Waals surface area contributed by atoms with Gasteiger partial charge in [-0.1, -0.05) is 6.07 Å². The van der Waals surface area contributed by atoms with Crippen molar-refractivity contribution in [3.63, 3.8) is 0 Å². The highest BCUT2D eigenvalue weighted by Crippen LogP contribution is 2.30. The van der Waals surface area contributed by atoms with Crippen molar-refractivity contribution in [2.24, 2.45) is 13.0 Å². The summed E-state index contributed by atoms with van der Waals surface area (Å²) in [5.74, 6) is 0.567. The fraction of sp³-hybridized carbons (Fsp3) is 0.450. The van der Waals surface area contributed by atoms with E-state index in [1.807, 2.05) is 31.6 Å². The predicted molar refractivity (Wildman–Crippen MR) is 103 cm³/mol. The van der Waals surface area contributed by atoms with E-state index in [1.54, 1.807) is 18.2 Å². The topological polar surface area (TPSA) is 85.2 Å². The highest BCUT2D eigenvalue weighted by molar-refractivity contribution is 5.94. The Hall–Kier alpha value is -2.83. The molecule has 2 amide bonds. The third-order valence-corrected chi connectivity index (χ3v) is 4.78. The third-order valence-electron chi connectivity index (χ3n) is 4.78. The van der Waals surface area contributed by atoms with Gasteiger partial charge in [0.25, 0.3) is 5.91 Å². The summed E-state index contributed by atoms with van der Waals surface area (Å²) in [4.78, 5) is 23.8. The average molecular weight is 370 g/mol. The number of carbonyl (C=O) groups is 2. The molecule has 1 aromatic carbocycles. The van der Waals surface area contributed by atoms with Crippen molar-refractivity contribution < 1.29 is 14.3 Å². The lowest BCUT2D eigenvalue weighted by Crippen LogP contribution is -2.30. The lowest BCUT2D eigenvalue weighted by atomic mass is 10.1. The number of nitrogens with zero attached hydrogens (tertiary/aromatic N) is 2. The maximum Gasteiger partial charge on any atom is 0.257 e. The van der Waals surface area contributed by atoms with Crippen LogP contribution < -0.4 is 15.4 Å². The minimum Gasteiger partial charge on any atom is -0.484 e. The largest absolute Gasteiger partial charge is 0.484 e. The molecule has 0 radical (unpaired) electrons. The molecule has 0 spiro atoms. The van der Waals surface area contributed by atoms with Crippen LogP contribution in [0.5, 0.6) is 5.75 Å². The summed E-state index contributed by atoms with van der Waals surface area (Å²) in [5.41, 5.74) is 3.96. The molecule has 1 aliphatic rings. The van der Waals surface area contributed by atoms with E-state index in [1.165, 1.54) is 0 Å². The molecule has 0 saturated heterocycles. The number of aryl methyl sites for hydroxylation is 2. The number of rotatable bonds is 8. The van der Waals surface area contributed by atoms with Gasteiger partial charge in [0.15, 0.2) is 6.61 Å². The molecule has 0 atom stereocenters. The van der Waals surface area contributed by atoms with Crippen molar-refractivity contribution in [1.82, 2.24) is 15.1 Å². The van der Waals surface area contributed by atoms with Crippen LogP contribution in [0.1, 0.15) is 29.8 Å². The molecule has 7 heteroatoms. The first-order chi connectivity index (χ1) is 12.9. The standard InChI is InChI=1S/C20H26N4O3/c1-13-18(14(2)24(3)23-13)9-10-21-19(25)12-27-17-6-4-5-16(11-17)22-20(26)15-7-8-15/h4-6,11,15H,7-10,12H2,1-3H3,(H,21,25)(H,22,26). The normalized spacial score (nSPS) is 13.3. The lowest BCUT2D eigenvalue weighted by molar-refractivity contribution is -0.123. The van der Waals surface area contributed by atoms with Crippen LogP contribution in [0.25, 0.3) is 0 Å². The fourth-order valence-electron chi connectivity index (χ4n) is 2.96. The van der Waals surface area contributed by atoms with Crippen LogP contribution >= 0.6 is 0 Å². The summed E-state index contributed by atoms with van der Waals surface area (Å²) >= 11 is 0. The number of ether oxygens (including phenoxy) is 1. The zero-order chi connectivity index (χ0) is 19.4. The molecule has 1 heterocycles. The first-order valence-electron chi connectivity index (χ1n) is 9.23. The number of aromatic nitrogens is 2. The zero-order valence-electron chi connectivity index (χ0n) is 16.0. The van der Waals surface area contributed by atoms with Crippen molar-refractivity contribution in [1.29, 1.82) is 0 Å². The molecule has 7 nitrogen and oxygen atoms in total. The molecule has 0 unspecified atom stereocenters. The van der Waals surface area contributed by atoms with Crippen LogP contribution in [0.4, 0.5) is 5.69 Å². The van der Waals surface area contributed by atoms with Gasteiger partial charge in [-0.2, -0.15) is 5.10 Å². The van der Waals surface area contributed by atoms with Crippen molar-refractivity contribution in [3.8, 4) is 5.75 Å². The molecule has 27 heavy (non-hydrogen) atoms. The third kappa shape index (κ3) is 5.09. The Kier molecular flexibility index (Phi) is 5.78. The Morgan fingerprint density at radius 1 is 1.30 bits per heavy atom. The van der Waals surface area contributed by atoms with Crippen molar-refractivity contribution in [2.75, 3.05) is 18.5 Å². The monoisotopic (exact) mass is 370 g/mol. The molecular formula is C20H26N4O3. The van der Waals surface area contributed by atoms with Gasteiger partial charge < -0.3 is 15.4 Å². The summed E-state index contributed by atoms with van der Waals surface area (Å²) in [6.07, 6.45) is 2.65. The first kappa shape index (κ1) is 18.9. The molecule has 1 aliphatic carbocycles. The van der Waals surface area contributed by atoms with Crippen LogP contribution in [-0.4, -0.2) is 34.7 Å². The number of hydrogen-bond donors (Lipinski definition) is 2. The Morgan fingerprint density at radius 2 is 2.07 bits per heavy atom. The molecule has 1 aromatic heterocycles. The zero-order valence-corrected chi connectivity index (χ0v) is 16.0. The molecule has 2 N–H and O–H groups in total. The maximum absolute atomic E-state index is 12.0. The second-order valence-corrected chi connectivity index (χ2v) is 6.95. The van der Waals surface area contributed by atoms with Gasteiger partial charge >= 0.3 is 0 Å². The molecule has 2 aromatic rings. The molecule has 1 fully saturated rings. The van der Waals surface area contributed by atoms with Crippen LogP contribution in [0, 0.1) is 19.8 Å². The number of anilines is 1. The molecule has 144 valence electrons. The van der Waals surface area contributed by atoms with Crippen molar-refractivity contribution in [3.05, 3.63) is 41.2 Å². The van der Waals surface area contributed by atoms with E-state index in [9.17, 15) is 9.59 Å². The van der Waals surface area contributed by atoms with Crippen LogP contribution in [0.15, 0.2) is 24.3 Å². The Bertz CT molecular complexity index is 840. The Morgan fingerprint density at radius 3 is 2.74 bits per heavy atom. The Balaban J connectivity index is 1.43. The van der Waals surface area contributed by atoms with E-state index >= 15 is 0 Å². The number of amides is 2. The van der Waals surface area contributed by atoms with Gasteiger partial charge in [-0.05, 0) is 50.8 Å². The molecule has 3 rings (SSSR count). The highest BCUT2D eigenvalue weighted by Gasteiger charge is 2.29. The number of nitrogens with one attached hydrogen (secondary N) is 2. The van der Waals surface area contributed by atoms with Gasteiger partial charge in [0, 0.05) is 37.0 Å². The molecule has 1 saturated carbocycles. The molecular weight excluding hydrogens is 344 g/mol. The number of carbonyl (C=O) groups excluding carboxylic acids is 2. The summed E-state index contributed by atoms with van der Waals surface area (Å²) in [5, 5.41) is 10.1. The Labute approximate surface area is 159 Å². The second kappa shape index (κ2) is 8.24. The minimum absolute atomic E-state index is 0.0471. The smallest absolute Gasteiger partial charge is 0.257 e. The SMILES string of the molecule is Cc1nn(C)c(C)c1CCNC(=O)COc1cccc(NC(=O)C2CC2)c1. The summed E-state index contributed by atoms with van der Waals surface area (Å²) in [6.45, 7) is 4.47. The van der Waals surface area contributed by atoms with Crippen LogP contribution in [0.3, 0.4) is 0 Å². The molecule has 0 bridgehead atoms. The van der Waals surface area contributed by atoms with E-state index in [-0.39, 0.29) is 24.3 Å². The van der Waals surface area contributed by atoms with E-state index in [0.717, 1.165) is 36.2 Å². The van der Waals surface area contributed by atoms with Gasteiger partial charge in [0.1, 0.15) is 5.75 Å². The van der Waals surface area contributed by atoms with Gasteiger partial charge in [-0.15, -0.1) is 0 Å². The van der Waals surface area contributed by atoms with E-state index in [2.05, 4.69) is 15.7 Å². The van der Waals surface area contributed by atoms with Crippen LogP contribution in [0.2, 0.25) is 0 Å². The van der Waals surface area contributed by atoms with Gasteiger partial charge in [-0.3, -0.25) is 14.3 Å². The quantitative estimate of drug-likeness (QED) is 0.745. The van der Waals surface area contributed by atoms with Gasteiger partial charge in [0.2, 0.25) is 5.91 Å². The van der Waals surface area contributed by atoms with Crippen molar-refractivity contribution >= 4 is 17.5 Å². The summed E-state index contributed by atoms with van der Waals surface area (Å²) in [7, 11) is 1.92. The first-order valence-corrected chi connectivity index (χ1v) is 9.23. The minimum atomic E-state index is -0.179. The summed E-state index contributed by atoms with van der Waals surface area (Å²) < 4.78 is 7.39. The van der Waals surface area contributed by atoms with Crippen molar-refractivity contribution in [2.45, 2.75) is 33.1 Å².